The molecule has 1 amide bonds. The van der Waals surface area contributed by atoms with Crippen molar-refractivity contribution in [3.8, 4) is 0 Å². The first-order valence-corrected chi connectivity index (χ1v) is 9.89. The molecule has 7 nitrogen and oxygen atoms in total. The number of piperidine rings is 1. The van der Waals surface area contributed by atoms with Crippen LogP contribution in [-0.4, -0.2) is 73.9 Å². The number of nitrogens with one attached hydrogen (secondary N) is 1. The van der Waals surface area contributed by atoms with Gasteiger partial charge in [0.2, 0.25) is 0 Å². The van der Waals surface area contributed by atoms with Gasteiger partial charge in [0, 0.05) is 26.1 Å². The number of likely N-dealkylation sites (tertiary alicyclic amines) is 1. The molecular formula is C15H26N2O5S. The molecule has 3 aliphatic rings. The van der Waals surface area contributed by atoms with Crippen molar-refractivity contribution in [3.63, 3.8) is 0 Å². The zero-order chi connectivity index (χ0) is 16.9. The Kier molecular flexibility index (Phi) is 4.13. The standard InChI is InChI=1S/C15H26N2O5S/c1-14(2,3)22-13(18)17-6-4-15(10-21-15)8-11(17)12-9-16-5-7-23(12,19)20/h11-12,16H,4-10H2,1-3H3. The first-order chi connectivity index (χ1) is 10.6. The molecule has 0 saturated carbocycles. The van der Waals surface area contributed by atoms with E-state index >= 15 is 0 Å². The van der Waals surface area contributed by atoms with Gasteiger partial charge in [0.05, 0.1) is 29.3 Å². The first-order valence-electron chi connectivity index (χ1n) is 8.18. The second-order valence-corrected chi connectivity index (χ2v) is 10.1. The summed E-state index contributed by atoms with van der Waals surface area (Å²) in [4.78, 5) is 14.2. The molecule has 3 heterocycles. The van der Waals surface area contributed by atoms with Crippen molar-refractivity contribution in [1.29, 1.82) is 0 Å². The summed E-state index contributed by atoms with van der Waals surface area (Å²) >= 11 is 0. The number of rotatable bonds is 1. The summed E-state index contributed by atoms with van der Waals surface area (Å²) < 4.78 is 36.1. The van der Waals surface area contributed by atoms with Crippen molar-refractivity contribution >= 4 is 15.9 Å². The van der Waals surface area contributed by atoms with E-state index in [0.29, 0.717) is 32.7 Å². The van der Waals surface area contributed by atoms with E-state index in [-0.39, 0.29) is 17.4 Å². The van der Waals surface area contributed by atoms with E-state index in [2.05, 4.69) is 5.32 Å². The lowest BCUT2D eigenvalue weighted by Gasteiger charge is -2.43. The van der Waals surface area contributed by atoms with E-state index in [1.54, 1.807) is 4.90 Å². The molecule has 0 aromatic heterocycles. The first kappa shape index (κ1) is 17.0. The van der Waals surface area contributed by atoms with E-state index in [1.165, 1.54) is 0 Å². The van der Waals surface area contributed by atoms with E-state index in [1.807, 2.05) is 20.8 Å². The number of amides is 1. The molecule has 0 radical (unpaired) electrons. The average molecular weight is 346 g/mol. The van der Waals surface area contributed by atoms with Crippen molar-refractivity contribution in [1.82, 2.24) is 10.2 Å². The number of nitrogens with zero attached hydrogens (tertiary/aromatic N) is 1. The maximum absolute atomic E-state index is 12.6. The molecule has 3 atom stereocenters. The van der Waals surface area contributed by atoms with Crippen LogP contribution in [0, 0.1) is 0 Å². The van der Waals surface area contributed by atoms with Gasteiger partial charge in [0.25, 0.3) is 0 Å². The zero-order valence-corrected chi connectivity index (χ0v) is 14.8. The molecule has 0 aromatic rings. The van der Waals surface area contributed by atoms with Crippen LogP contribution in [0.5, 0.6) is 0 Å². The van der Waals surface area contributed by atoms with Crippen LogP contribution < -0.4 is 5.32 Å². The minimum Gasteiger partial charge on any atom is -0.444 e. The Morgan fingerprint density at radius 2 is 2.09 bits per heavy atom. The molecule has 0 bridgehead atoms. The molecule has 3 unspecified atom stereocenters. The molecule has 1 N–H and O–H groups in total. The van der Waals surface area contributed by atoms with Crippen molar-refractivity contribution in [2.75, 3.05) is 32.0 Å². The molecule has 0 aliphatic carbocycles. The van der Waals surface area contributed by atoms with Gasteiger partial charge in [-0.2, -0.15) is 0 Å². The normalized spacial score (nSPS) is 36.7. The number of hydrogen-bond acceptors (Lipinski definition) is 6. The summed E-state index contributed by atoms with van der Waals surface area (Å²) in [6.45, 7) is 7.43. The van der Waals surface area contributed by atoms with Gasteiger partial charge < -0.3 is 19.7 Å². The highest BCUT2D eigenvalue weighted by Crippen LogP contribution is 2.42. The Balaban J connectivity index is 1.83. The van der Waals surface area contributed by atoms with Gasteiger partial charge in [-0.1, -0.05) is 0 Å². The highest BCUT2D eigenvalue weighted by atomic mass is 32.2. The lowest BCUT2D eigenvalue weighted by Crippen LogP contribution is -2.61. The summed E-state index contributed by atoms with van der Waals surface area (Å²) in [5.41, 5.74) is -0.827. The van der Waals surface area contributed by atoms with Crippen LogP contribution in [-0.2, 0) is 19.3 Å². The van der Waals surface area contributed by atoms with E-state index in [9.17, 15) is 13.2 Å². The SMILES string of the molecule is CC(C)(C)OC(=O)N1CCC2(CO2)CC1C1CNCCS1(=O)=O. The largest absolute Gasteiger partial charge is 0.444 e. The van der Waals surface area contributed by atoms with Crippen molar-refractivity contribution in [2.45, 2.75) is 56.1 Å². The van der Waals surface area contributed by atoms with Crippen LogP contribution in [0.1, 0.15) is 33.6 Å². The fraction of sp³-hybridized carbons (Fsp3) is 0.933. The van der Waals surface area contributed by atoms with Gasteiger partial charge >= 0.3 is 6.09 Å². The second-order valence-electron chi connectivity index (χ2n) is 7.78. The fourth-order valence-corrected chi connectivity index (χ4v) is 5.26. The fourth-order valence-electron chi connectivity index (χ4n) is 3.44. The number of carbonyl (C=O) groups is 1. The van der Waals surface area contributed by atoms with Gasteiger partial charge in [-0.25, -0.2) is 13.2 Å². The molecule has 23 heavy (non-hydrogen) atoms. The van der Waals surface area contributed by atoms with E-state index in [0.717, 1.165) is 6.42 Å². The lowest BCUT2D eigenvalue weighted by molar-refractivity contribution is 0.000967. The van der Waals surface area contributed by atoms with Crippen LogP contribution >= 0.6 is 0 Å². The predicted octanol–water partition coefficient (Wildman–Crippen LogP) is 0.542. The third-order valence-corrected chi connectivity index (χ3v) is 6.95. The Bertz CT molecular complexity index is 579. The maximum Gasteiger partial charge on any atom is 0.410 e. The predicted molar refractivity (Wildman–Crippen MR) is 85.1 cm³/mol. The lowest BCUT2D eigenvalue weighted by atomic mass is 9.89. The molecular weight excluding hydrogens is 320 g/mol. The van der Waals surface area contributed by atoms with E-state index < -0.39 is 26.8 Å². The van der Waals surface area contributed by atoms with Crippen LogP contribution in [0.3, 0.4) is 0 Å². The number of sulfone groups is 1. The third kappa shape index (κ3) is 3.64. The second kappa shape index (κ2) is 5.60. The molecule has 3 rings (SSSR count). The summed E-state index contributed by atoms with van der Waals surface area (Å²) in [5.74, 6) is 0.115. The monoisotopic (exact) mass is 346 g/mol. The molecule has 132 valence electrons. The summed E-state index contributed by atoms with van der Waals surface area (Å²) in [5, 5.41) is 2.55. The number of hydrogen-bond donors (Lipinski definition) is 1. The summed E-state index contributed by atoms with van der Waals surface area (Å²) in [6, 6.07) is -0.390. The van der Waals surface area contributed by atoms with Gasteiger partial charge in [-0.05, 0) is 27.2 Å². The topological polar surface area (TPSA) is 88.2 Å². The number of epoxide rings is 1. The van der Waals surface area contributed by atoms with Crippen molar-refractivity contribution in [2.24, 2.45) is 0 Å². The average Bonchev–Trinajstić information content (AvgIpc) is 3.15. The molecule has 3 saturated heterocycles. The minimum atomic E-state index is -3.22. The highest BCUT2D eigenvalue weighted by Gasteiger charge is 2.55. The quantitative estimate of drug-likeness (QED) is 0.697. The van der Waals surface area contributed by atoms with E-state index in [4.69, 9.17) is 9.47 Å². The third-order valence-electron chi connectivity index (χ3n) is 4.77. The Hall–Kier alpha value is -0.860. The zero-order valence-electron chi connectivity index (χ0n) is 14.0. The van der Waals surface area contributed by atoms with Crippen molar-refractivity contribution in [3.05, 3.63) is 0 Å². The molecule has 8 heteroatoms. The van der Waals surface area contributed by atoms with Gasteiger partial charge in [0.1, 0.15) is 5.60 Å². The Morgan fingerprint density at radius 3 is 2.65 bits per heavy atom. The Labute approximate surface area is 137 Å². The van der Waals surface area contributed by atoms with Crippen LogP contribution in [0.2, 0.25) is 0 Å². The van der Waals surface area contributed by atoms with Crippen molar-refractivity contribution < 1.29 is 22.7 Å². The van der Waals surface area contributed by atoms with Gasteiger partial charge in [-0.15, -0.1) is 0 Å². The highest BCUT2D eigenvalue weighted by molar-refractivity contribution is 7.92. The minimum absolute atomic E-state index is 0.115. The number of carbonyl (C=O) groups excluding carboxylic acids is 1. The summed E-state index contributed by atoms with van der Waals surface area (Å²) in [7, 11) is -3.22. The summed E-state index contributed by atoms with van der Waals surface area (Å²) in [6.07, 6.45) is 0.875. The number of ether oxygens (including phenoxy) is 2. The molecule has 3 aliphatic heterocycles. The molecule has 0 aromatic carbocycles. The smallest absolute Gasteiger partial charge is 0.410 e. The van der Waals surface area contributed by atoms with Gasteiger partial charge in [0.15, 0.2) is 9.84 Å². The molecule has 3 fully saturated rings. The van der Waals surface area contributed by atoms with Crippen LogP contribution in [0.15, 0.2) is 0 Å². The van der Waals surface area contributed by atoms with Crippen LogP contribution in [0.25, 0.3) is 0 Å². The van der Waals surface area contributed by atoms with Gasteiger partial charge in [-0.3, -0.25) is 0 Å². The maximum atomic E-state index is 12.6. The molecule has 1 spiro atoms. The Morgan fingerprint density at radius 1 is 1.39 bits per heavy atom. The van der Waals surface area contributed by atoms with Crippen LogP contribution in [0.4, 0.5) is 4.79 Å².